The highest BCUT2D eigenvalue weighted by atomic mass is 19.1. The van der Waals surface area contributed by atoms with Crippen molar-refractivity contribution in [2.24, 2.45) is 17.8 Å². The molecule has 2 fully saturated rings. The van der Waals surface area contributed by atoms with Crippen molar-refractivity contribution in [1.82, 2.24) is 0 Å². The van der Waals surface area contributed by atoms with E-state index in [1.807, 2.05) is 0 Å². The lowest BCUT2D eigenvalue weighted by molar-refractivity contribution is 0.0952. The maximum atomic E-state index is 14.1. The summed E-state index contributed by atoms with van der Waals surface area (Å²) in [5, 5.41) is 0. The number of carbonyl (C=O) groups excluding carboxylic acids is 1. The summed E-state index contributed by atoms with van der Waals surface area (Å²) >= 11 is 0. The monoisotopic (exact) mass is 278 g/mol. The lowest BCUT2D eigenvalue weighted by Crippen LogP contribution is -2.08. The van der Waals surface area contributed by atoms with Gasteiger partial charge in [-0.25, -0.2) is 4.39 Å². The molecule has 2 saturated carbocycles. The van der Waals surface area contributed by atoms with Gasteiger partial charge in [0.05, 0.1) is 19.8 Å². The lowest BCUT2D eigenvalue weighted by Gasteiger charge is -2.10. The second-order valence-corrected chi connectivity index (χ2v) is 5.69. The molecule has 0 N–H and O–H groups in total. The third-order valence-corrected chi connectivity index (χ3v) is 4.70. The van der Waals surface area contributed by atoms with Crippen molar-refractivity contribution >= 4 is 5.78 Å². The van der Waals surface area contributed by atoms with Crippen LogP contribution in [0.5, 0.6) is 11.5 Å². The van der Waals surface area contributed by atoms with Gasteiger partial charge < -0.3 is 9.47 Å². The Morgan fingerprint density at radius 3 is 2.20 bits per heavy atom. The molecule has 4 heteroatoms. The number of fused-ring (bicyclic) bond motifs is 1. The Hall–Kier alpha value is -1.58. The summed E-state index contributed by atoms with van der Waals surface area (Å²) in [4.78, 5) is 12.5. The molecule has 1 aromatic carbocycles. The van der Waals surface area contributed by atoms with Crippen LogP contribution >= 0.6 is 0 Å². The van der Waals surface area contributed by atoms with E-state index in [0.29, 0.717) is 23.3 Å². The van der Waals surface area contributed by atoms with Gasteiger partial charge in [-0.1, -0.05) is 12.8 Å². The lowest BCUT2D eigenvalue weighted by atomic mass is 10.0. The number of ether oxygens (including phenoxy) is 2. The minimum absolute atomic E-state index is 0.0186. The Morgan fingerprint density at radius 1 is 1.10 bits per heavy atom. The molecule has 3 rings (SSSR count). The van der Waals surface area contributed by atoms with E-state index in [9.17, 15) is 9.18 Å². The van der Waals surface area contributed by atoms with Crippen molar-refractivity contribution in [2.45, 2.75) is 25.7 Å². The maximum absolute atomic E-state index is 14.1. The van der Waals surface area contributed by atoms with Crippen molar-refractivity contribution in [2.75, 3.05) is 14.2 Å². The zero-order valence-corrected chi connectivity index (χ0v) is 11.8. The van der Waals surface area contributed by atoms with Crippen molar-refractivity contribution in [3.8, 4) is 11.5 Å². The third-order valence-electron chi connectivity index (χ3n) is 4.70. The highest BCUT2D eigenvalue weighted by Gasteiger charge is 2.54. The summed E-state index contributed by atoms with van der Waals surface area (Å²) in [6.07, 6.45) is 4.60. The molecule has 2 unspecified atom stereocenters. The van der Waals surface area contributed by atoms with Gasteiger partial charge in [0, 0.05) is 12.0 Å². The molecule has 0 saturated heterocycles. The first-order valence-electron chi connectivity index (χ1n) is 7.13. The van der Waals surface area contributed by atoms with Gasteiger partial charge in [0.2, 0.25) is 0 Å². The van der Waals surface area contributed by atoms with Crippen LogP contribution in [-0.4, -0.2) is 20.0 Å². The van der Waals surface area contributed by atoms with Crippen LogP contribution < -0.4 is 9.47 Å². The van der Waals surface area contributed by atoms with Crippen LogP contribution in [-0.2, 0) is 0 Å². The molecule has 0 aromatic heterocycles. The summed E-state index contributed by atoms with van der Waals surface area (Å²) in [5.74, 6) is 1.10. The highest BCUT2D eigenvalue weighted by Crippen LogP contribution is 2.56. The minimum atomic E-state index is -0.517. The van der Waals surface area contributed by atoms with Crippen LogP contribution in [0, 0.1) is 23.6 Å². The van der Waals surface area contributed by atoms with E-state index < -0.39 is 5.82 Å². The largest absolute Gasteiger partial charge is 0.493 e. The zero-order valence-electron chi connectivity index (χ0n) is 11.8. The van der Waals surface area contributed by atoms with Crippen molar-refractivity contribution in [3.63, 3.8) is 0 Å². The first kappa shape index (κ1) is 13.4. The molecule has 3 nitrogen and oxygen atoms in total. The number of Topliss-reactive ketones (excluding diaryl/α,β-unsaturated/α-hetero) is 1. The molecule has 2 aliphatic rings. The number of ketones is 1. The molecule has 20 heavy (non-hydrogen) atoms. The molecule has 2 atom stereocenters. The maximum Gasteiger partial charge on any atom is 0.169 e. The van der Waals surface area contributed by atoms with Gasteiger partial charge in [0.15, 0.2) is 17.3 Å². The Balaban J connectivity index is 1.88. The number of hydrogen-bond donors (Lipinski definition) is 0. The number of methoxy groups -OCH3 is 2. The number of benzene rings is 1. The standard InChI is InChI=1S/C16H19FO3/c1-19-13-7-11(12(17)8-14(13)20-2)16(18)15-9-5-3-4-6-10(9)15/h7-10,15H,3-6H2,1-2H3. The van der Waals surface area contributed by atoms with Gasteiger partial charge in [-0.2, -0.15) is 0 Å². The Kier molecular flexibility index (Phi) is 3.40. The van der Waals surface area contributed by atoms with E-state index >= 15 is 0 Å². The molecule has 0 amide bonds. The fourth-order valence-corrected chi connectivity index (χ4v) is 3.60. The molecular weight excluding hydrogens is 259 g/mol. The fourth-order valence-electron chi connectivity index (χ4n) is 3.60. The predicted octanol–water partition coefficient (Wildman–Crippen LogP) is 3.46. The summed E-state index contributed by atoms with van der Waals surface area (Å²) in [7, 11) is 2.94. The van der Waals surface area contributed by atoms with Crippen LogP contribution in [0.3, 0.4) is 0 Å². The second-order valence-electron chi connectivity index (χ2n) is 5.69. The molecule has 2 aliphatic carbocycles. The molecule has 0 aliphatic heterocycles. The molecular formula is C16H19FO3. The average Bonchev–Trinajstić information content (AvgIpc) is 3.20. The normalized spacial score (nSPS) is 27.6. The smallest absolute Gasteiger partial charge is 0.169 e. The van der Waals surface area contributed by atoms with E-state index in [1.54, 1.807) is 0 Å². The van der Waals surface area contributed by atoms with E-state index in [-0.39, 0.29) is 17.3 Å². The second kappa shape index (κ2) is 5.08. The van der Waals surface area contributed by atoms with Gasteiger partial charge in [0.1, 0.15) is 5.82 Å². The van der Waals surface area contributed by atoms with Crippen molar-refractivity contribution in [3.05, 3.63) is 23.5 Å². The molecule has 0 heterocycles. The minimum Gasteiger partial charge on any atom is -0.493 e. The van der Waals surface area contributed by atoms with Crippen molar-refractivity contribution in [1.29, 1.82) is 0 Å². The van der Waals surface area contributed by atoms with Crippen LogP contribution in [0.2, 0.25) is 0 Å². The van der Waals surface area contributed by atoms with Crippen LogP contribution in [0.1, 0.15) is 36.0 Å². The van der Waals surface area contributed by atoms with Gasteiger partial charge >= 0.3 is 0 Å². The van der Waals surface area contributed by atoms with Crippen LogP contribution in [0.4, 0.5) is 4.39 Å². The first-order chi connectivity index (χ1) is 9.67. The highest BCUT2D eigenvalue weighted by molar-refractivity contribution is 6.00. The van der Waals surface area contributed by atoms with E-state index in [4.69, 9.17) is 9.47 Å². The topological polar surface area (TPSA) is 35.5 Å². The first-order valence-corrected chi connectivity index (χ1v) is 7.13. The van der Waals surface area contributed by atoms with Crippen LogP contribution in [0.15, 0.2) is 12.1 Å². The van der Waals surface area contributed by atoms with Gasteiger partial charge in [0.25, 0.3) is 0 Å². The Morgan fingerprint density at radius 2 is 1.65 bits per heavy atom. The number of halogens is 1. The van der Waals surface area contributed by atoms with Crippen molar-refractivity contribution < 1.29 is 18.7 Å². The predicted molar refractivity (Wildman–Crippen MR) is 72.8 cm³/mol. The van der Waals surface area contributed by atoms with E-state index in [2.05, 4.69) is 0 Å². The number of hydrogen-bond acceptors (Lipinski definition) is 3. The summed E-state index contributed by atoms with van der Waals surface area (Å²) in [6.45, 7) is 0. The van der Waals surface area contributed by atoms with Gasteiger partial charge in [-0.05, 0) is 30.7 Å². The third kappa shape index (κ3) is 2.07. The molecule has 0 radical (unpaired) electrons. The Labute approximate surface area is 118 Å². The average molecular weight is 278 g/mol. The SMILES string of the molecule is COc1cc(F)c(C(=O)C2C3CCCCC32)cc1OC. The van der Waals surface area contributed by atoms with E-state index in [1.165, 1.54) is 39.2 Å². The van der Waals surface area contributed by atoms with Gasteiger partial charge in [-0.15, -0.1) is 0 Å². The molecule has 1 aromatic rings. The number of rotatable bonds is 4. The summed E-state index contributed by atoms with van der Waals surface area (Å²) in [5.41, 5.74) is 0.141. The molecule has 0 bridgehead atoms. The molecule has 0 spiro atoms. The quantitative estimate of drug-likeness (QED) is 0.791. The Bertz CT molecular complexity index is 529. The van der Waals surface area contributed by atoms with Crippen LogP contribution in [0.25, 0.3) is 0 Å². The molecule has 108 valence electrons. The summed E-state index contributed by atoms with van der Waals surface area (Å²) in [6, 6.07) is 2.71. The summed E-state index contributed by atoms with van der Waals surface area (Å²) < 4.78 is 24.3. The van der Waals surface area contributed by atoms with E-state index in [0.717, 1.165) is 12.8 Å². The fraction of sp³-hybridized carbons (Fsp3) is 0.562. The number of carbonyl (C=O) groups is 1. The van der Waals surface area contributed by atoms with Gasteiger partial charge in [-0.3, -0.25) is 4.79 Å². The zero-order chi connectivity index (χ0) is 14.3.